The predicted molar refractivity (Wildman–Crippen MR) is 214 cm³/mol. The highest BCUT2D eigenvalue weighted by molar-refractivity contribution is 5.98. The summed E-state index contributed by atoms with van der Waals surface area (Å²) in [5, 5.41) is 6.06. The number of carbonyl (C=O) groups excluding carboxylic acids is 5. The summed E-state index contributed by atoms with van der Waals surface area (Å²) in [6.07, 6.45) is 4.36. The lowest BCUT2D eigenvalue weighted by atomic mass is 9.87. The maximum atomic E-state index is 14.3. The van der Waals surface area contributed by atoms with Gasteiger partial charge in [-0.3, -0.25) is 28.9 Å². The minimum absolute atomic E-state index is 0.0532. The summed E-state index contributed by atoms with van der Waals surface area (Å²) in [7, 11) is 0. The molecule has 2 heterocycles. The average Bonchev–Trinajstić information content (AvgIpc) is 3.92. The smallest absolute Gasteiger partial charge is 0.224 e. The van der Waals surface area contributed by atoms with Crippen LogP contribution >= 0.6 is 0 Å². The van der Waals surface area contributed by atoms with Gasteiger partial charge >= 0.3 is 0 Å². The number of nitrogens with zero attached hydrogens (tertiary/aromatic N) is 1. The van der Waals surface area contributed by atoms with Crippen LogP contribution in [0.5, 0.6) is 0 Å². The molecule has 4 rings (SSSR count). The molecule has 0 aliphatic carbocycles. The number of aryl methyl sites for hydroxylation is 1. The number of benzene rings is 2. The number of hydrogen-bond acceptors (Lipinski definition) is 8. The normalized spacial score (nSPS) is 19.3. The number of morpholine rings is 1. The molecule has 0 bridgehead atoms. The number of ether oxygens (including phenoxy) is 2. The highest BCUT2D eigenvalue weighted by atomic mass is 16.6. The maximum Gasteiger partial charge on any atom is 0.224 e. The number of hydrogen-bond donors (Lipinski definition) is 2. The fourth-order valence-electron chi connectivity index (χ4n) is 7.36. The Labute approximate surface area is 328 Å². The van der Waals surface area contributed by atoms with Crippen molar-refractivity contribution in [3.05, 3.63) is 71.8 Å². The Morgan fingerprint density at radius 2 is 1.31 bits per heavy atom. The summed E-state index contributed by atoms with van der Waals surface area (Å²) >= 11 is 0. The summed E-state index contributed by atoms with van der Waals surface area (Å²) in [4.78, 5) is 71.5. The van der Waals surface area contributed by atoms with Gasteiger partial charge in [0.2, 0.25) is 11.8 Å². The molecule has 2 aromatic rings. The Morgan fingerprint density at radius 1 is 0.745 bits per heavy atom. The number of epoxide rings is 1. The van der Waals surface area contributed by atoms with Crippen LogP contribution in [0.2, 0.25) is 0 Å². The lowest BCUT2D eigenvalue weighted by Gasteiger charge is -2.27. The Morgan fingerprint density at radius 3 is 1.91 bits per heavy atom. The van der Waals surface area contributed by atoms with E-state index < -0.39 is 29.5 Å². The molecular formula is C45H65N3O7. The van der Waals surface area contributed by atoms with Crippen LogP contribution in [0.15, 0.2) is 60.7 Å². The van der Waals surface area contributed by atoms with Crippen LogP contribution in [-0.2, 0) is 46.3 Å². The van der Waals surface area contributed by atoms with Crippen molar-refractivity contribution in [3.8, 4) is 0 Å². The van der Waals surface area contributed by atoms with Crippen LogP contribution in [0.25, 0.3) is 0 Å². The molecule has 0 aromatic heterocycles. The topological polar surface area (TPSA) is 134 Å². The van der Waals surface area contributed by atoms with E-state index in [1.54, 1.807) is 6.92 Å². The van der Waals surface area contributed by atoms with Crippen molar-refractivity contribution < 1.29 is 33.4 Å². The Kier molecular flexibility index (Phi) is 17.7. The van der Waals surface area contributed by atoms with Gasteiger partial charge in [0.25, 0.3) is 0 Å². The van der Waals surface area contributed by atoms with Crippen LogP contribution in [0.1, 0.15) is 97.1 Å². The third-order valence-corrected chi connectivity index (χ3v) is 10.7. The van der Waals surface area contributed by atoms with Gasteiger partial charge in [-0.25, -0.2) is 0 Å². The van der Waals surface area contributed by atoms with Gasteiger partial charge in [-0.15, -0.1) is 0 Å². The first-order valence-electron chi connectivity index (χ1n) is 20.5. The third kappa shape index (κ3) is 15.4. The minimum atomic E-state index is -0.897. The number of rotatable bonds is 25. The van der Waals surface area contributed by atoms with Crippen LogP contribution in [0.3, 0.4) is 0 Å². The summed E-state index contributed by atoms with van der Waals surface area (Å²) in [5.41, 5.74) is 1.08. The summed E-state index contributed by atoms with van der Waals surface area (Å²) < 4.78 is 10.9. The first kappa shape index (κ1) is 44.0. The van der Waals surface area contributed by atoms with E-state index in [0.717, 1.165) is 56.8 Å². The standard InChI is InChI=1S/C45H65N3O7/c1-32(2)26-39(41(50)30-37(28-35-16-10-7-11-17-35)44(53)47-40(27-33(3)4)42(51)45(5)31-55-45)46-43(52)36(20-19-34-14-8-6-9-15-34)29-38(49)18-12-13-21-48-22-24-54-25-23-48/h6-11,14-17,32-33,36-37,39-40H,12-13,18-31H2,1-5H3,(H,46,52)(H,47,53)/t36?,37-,39+,40+,45-/m1/s1. The van der Waals surface area contributed by atoms with E-state index in [9.17, 15) is 24.0 Å². The number of nitrogens with one attached hydrogen (secondary N) is 2. The van der Waals surface area contributed by atoms with E-state index in [4.69, 9.17) is 9.47 Å². The van der Waals surface area contributed by atoms with Gasteiger partial charge < -0.3 is 20.1 Å². The van der Waals surface area contributed by atoms with Crippen molar-refractivity contribution in [2.24, 2.45) is 23.7 Å². The molecule has 2 aromatic carbocycles. The minimum Gasteiger partial charge on any atom is -0.379 e. The summed E-state index contributed by atoms with van der Waals surface area (Å²) in [6, 6.07) is 17.9. The van der Waals surface area contributed by atoms with Gasteiger partial charge in [-0.1, -0.05) is 88.4 Å². The number of ketones is 3. The van der Waals surface area contributed by atoms with Gasteiger partial charge in [0.05, 0.1) is 31.9 Å². The van der Waals surface area contributed by atoms with Crippen molar-refractivity contribution in [2.75, 3.05) is 39.5 Å². The van der Waals surface area contributed by atoms with Gasteiger partial charge in [-0.2, -0.15) is 0 Å². The largest absolute Gasteiger partial charge is 0.379 e. The van der Waals surface area contributed by atoms with Crippen molar-refractivity contribution in [1.82, 2.24) is 15.5 Å². The summed E-state index contributed by atoms with van der Waals surface area (Å²) in [6.45, 7) is 14.3. The van der Waals surface area contributed by atoms with E-state index >= 15 is 0 Å². The molecule has 0 radical (unpaired) electrons. The number of amides is 2. The maximum absolute atomic E-state index is 14.3. The highest BCUT2D eigenvalue weighted by Gasteiger charge is 2.50. The first-order valence-corrected chi connectivity index (χ1v) is 20.5. The zero-order chi connectivity index (χ0) is 39.8. The number of carbonyl (C=O) groups is 5. The Balaban J connectivity index is 1.46. The highest BCUT2D eigenvalue weighted by Crippen LogP contribution is 2.30. The third-order valence-electron chi connectivity index (χ3n) is 10.7. The lowest BCUT2D eigenvalue weighted by molar-refractivity contribution is -0.135. The van der Waals surface area contributed by atoms with E-state index in [2.05, 4.69) is 15.5 Å². The molecule has 302 valence electrons. The van der Waals surface area contributed by atoms with Gasteiger partial charge in [0.15, 0.2) is 11.6 Å². The fourth-order valence-corrected chi connectivity index (χ4v) is 7.36. The zero-order valence-corrected chi connectivity index (χ0v) is 33.9. The number of unbranched alkanes of at least 4 members (excludes halogenated alkanes) is 1. The molecule has 2 amide bonds. The van der Waals surface area contributed by atoms with E-state index in [-0.39, 0.29) is 53.8 Å². The first-order chi connectivity index (χ1) is 26.3. The van der Waals surface area contributed by atoms with E-state index in [0.29, 0.717) is 45.1 Å². The second kappa shape index (κ2) is 22.1. The molecule has 10 heteroatoms. The van der Waals surface area contributed by atoms with Gasteiger partial charge in [-0.05, 0) is 81.4 Å². The second-order valence-electron chi connectivity index (χ2n) is 16.7. The molecule has 10 nitrogen and oxygen atoms in total. The van der Waals surface area contributed by atoms with E-state index in [1.165, 1.54) is 0 Å². The fraction of sp³-hybridized carbons (Fsp3) is 0.622. The zero-order valence-electron chi connectivity index (χ0n) is 33.9. The van der Waals surface area contributed by atoms with Crippen LogP contribution in [0.4, 0.5) is 0 Å². The Bertz CT molecular complexity index is 1520. The van der Waals surface area contributed by atoms with Crippen LogP contribution in [-0.4, -0.2) is 91.2 Å². The SMILES string of the molecule is CC(C)C[C@H](NC(=O)C(CCc1ccccc1)CC(=O)CCCCN1CCOCC1)C(=O)C[C@@H](Cc1ccccc1)C(=O)N[C@@H](CC(C)C)C(=O)[C@@]1(C)CO1. The molecule has 2 fully saturated rings. The van der Waals surface area contributed by atoms with Gasteiger partial charge in [0, 0.05) is 44.2 Å². The lowest BCUT2D eigenvalue weighted by Crippen LogP contribution is -2.50. The molecule has 5 atom stereocenters. The van der Waals surface area contributed by atoms with Crippen LogP contribution < -0.4 is 10.6 Å². The molecule has 2 N–H and O–H groups in total. The quantitative estimate of drug-likeness (QED) is 0.0940. The van der Waals surface area contributed by atoms with E-state index in [1.807, 2.05) is 88.4 Å². The molecule has 2 saturated heterocycles. The molecular weight excluding hydrogens is 695 g/mol. The number of Topliss-reactive ketones (excluding diaryl/α,β-unsaturated/α-hetero) is 3. The Hall–Kier alpha value is -3.73. The molecule has 2 aliphatic heterocycles. The monoisotopic (exact) mass is 759 g/mol. The van der Waals surface area contributed by atoms with Gasteiger partial charge in [0.1, 0.15) is 11.4 Å². The molecule has 2 aliphatic rings. The molecule has 0 spiro atoms. The average molecular weight is 760 g/mol. The van der Waals surface area contributed by atoms with Crippen molar-refractivity contribution in [1.29, 1.82) is 0 Å². The van der Waals surface area contributed by atoms with Crippen molar-refractivity contribution >= 4 is 29.2 Å². The van der Waals surface area contributed by atoms with Crippen molar-refractivity contribution in [3.63, 3.8) is 0 Å². The predicted octanol–water partition coefficient (Wildman–Crippen LogP) is 5.94. The second-order valence-corrected chi connectivity index (χ2v) is 16.7. The van der Waals surface area contributed by atoms with Crippen LogP contribution in [0, 0.1) is 23.7 Å². The van der Waals surface area contributed by atoms with Crippen molar-refractivity contribution in [2.45, 2.75) is 117 Å². The summed E-state index contributed by atoms with van der Waals surface area (Å²) in [5.74, 6) is -2.13. The molecule has 0 saturated carbocycles. The molecule has 55 heavy (non-hydrogen) atoms. The molecule has 1 unspecified atom stereocenters.